The zero-order chi connectivity index (χ0) is 13.3. The van der Waals surface area contributed by atoms with Crippen LogP contribution in [0, 0.1) is 3.57 Å². The number of halogens is 4. The number of hydrogen-bond acceptors (Lipinski definition) is 3. The third kappa shape index (κ3) is 2.74. The molecular formula is C10H8F3IN4. The summed E-state index contributed by atoms with van der Waals surface area (Å²) in [6.07, 6.45) is -1.27. The molecule has 0 aliphatic carbocycles. The van der Waals surface area contributed by atoms with Crippen LogP contribution >= 0.6 is 22.6 Å². The lowest BCUT2D eigenvalue weighted by Gasteiger charge is -2.11. The number of aromatic nitrogens is 3. The number of nitrogens with zero attached hydrogens (tertiary/aromatic N) is 3. The molecule has 1 N–H and O–H groups in total. The fourth-order valence-electron chi connectivity index (χ4n) is 1.35. The Labute approximate surface area is 114 Å². The first kappa shape index (κ1) is 13.1. The Morgan fingerprint density at radius 1 is 1.33 bits per heavy atom. The van der Waals surface area contributed by atoms with Crippen LogP contribution in [0.25, 0.3) is 5.82 Å². The summed E-state index contributed by atoms with van der Waals surface area (Å²) in [7, 11) is 1.51. The molecule has 0 radical (unpaired) electrons. The molecule has 4 nitrogen and oxygen atoms in total. The van der Waals surface area contributed by atoms with Crippen LogP contribution in [0.4, 0.5) is 19.0 Å². The van der Waals surface area contributed by atoms with Gasteiger partial charge in [0.2, 0.25) is 0 Å². The smallest absolute Gasteiger partial charge is 0.373 e. The van der Waals surface area contributed by atoms with Crippen LogP contribution in [-0.4, -0.2) is 21.8 Å². The zero-order valence-electron chi connectivity index (χ0n) is 9.16. The zero-order valence-corrected chi connectivity index (χ0v) is 11.3. The molecule has 18 heavy (non-hydrogen) atoms. The Bertz CT molecular complexity index is 564. The number of pyridine rings is 1. The van der Waals surface area contributed by atoms with Crippen LogP contribution in [-0.2, 0) is 6.18 Å². The van der Waals surface area contributed by atoms with Crippen molar-refractivity contribution in [3.8, 4) is 5.82 Å². The van der Waals surface area contributed by atoms with E-state index < -0.39 is 11.7 Å². The van der Waals surface area contributed by atoms with E-state index in [0.717, 1.165) is 15.7 Å². The molecule has 0 amide bonds. The second-order valence-corrected chi connectivity index (χ2v) is 4.70. The monoisotopic (exact) mass is 368 g/mol. The van der Waals surface area contributed by atoms with Crippen LogP contribution in [0.5, 0.6) is 0 Å². The third-order valence-electron chi connectivity index (χ3n) is 2.18. The van der Waals surface area contributed by atoms with Crippen molar-refractivity contribution in [2.24, 2.45) is 0 Å². The summed E-state index contributed by atoms with van der Waals surface area (Å²) >= 11 is 2.02. The topological polar surface area (TPSA) is 42.7 Å². The van der Waals surface area contributed by atoms with Crippen molar-refractivity contribution in [1.82, 2.24) is 14.8 Å². The van der Waals surface area contributed by atoms with E-state index in [4.69, 9.17) is 0 Å². The van der Waals surface area contributed by atoms with E-state index in [9.17, 15) is 13.2 Å². The van der Waals surface area contributed by atoms with Crippen molar-refractivity contribution in [1.29, 1.82) is 0 Å². The Balaban J connectivity index is 2.54. The van der Waals surface area contributed by atoms with E-state index in [2.05, 4.69) is 15.4 Å². The SMILES string of the molecule is CNc1cc(C(F)(F)F)cc(-n2cc(I)cn2)n1. The Morgan fingerprint density at radius 2 is 2.06 bits per heavy atom. The van der Waals surface area contributed by atoms with Crippen LogP contribution in [0.2, 0.25) is 0 Å². The minimum Gasteiger partial charge on any atom is -0.373 e. The lowest BCUT2D eigenvalue weighted by Crippen LogP contribution is -2.10. The molecule has 2 rings (SSSR count). The lowest BCUT2D eigenvalue weighted by molar-refractivity contribution is -0.137. The van der Waals surface area contributed by atoms with Crippen LogP contribution < -0.4 is 5.32 Å². The molecule has 0 aliphatic heterocycles. The first-order valence-corrected chi connectivity index (χ1v) is 5.95. The number of anilines is 1. The summed E-state index contributed by atoms with van der Waals surface area (Å²) in [6.45, 7) is 0. The summed E-state index contributed by atoms with van der Waals surface area (Å²) in [6, 6.07) is 1.92. The van der Waals surface area contributed by atoms with Crippen LogP contribution in [0.1, 0.15) is 5.56 Å². The molecule has 0 saturated heterocycles. The summed E-state index contributed by atoms with van der Waals surface area (Å²) in [4.78, 5) is 4.04. The maximum atomic E-state index is 12.7. The molecule has 0 bridgehead atoms. The number of hydrogen-bond donors (Lipinski definition) is 1. The second kappa shape index (κ2) is 4.75. The minimum absolute atomic E-state index is 0.122. The van der Waals surface area contributed by atoms with Crippen molar-refractivity contribution < 1.29 is 13.2 Å². The van der Waals surface area contributed by atoms with Crippen molar-refractivity contribution >= 4 is 28.4 Å². The van der Waals surface area contributed by atoms with Gasteiger partial charge >= 0.3 is 6.18 Å². The van der Waals surface area contributed by atoms with Gasteiger partial charge in [-0.25, -0.2) is 9.67 Å². The van der Waals surface area contributed by atoms with Gasteiger partial charge in [-0.1, -0.05) is 0 Å². The van der Waals surface area contributed by atoms with Crippen LogP contribution in [0.15, 0.2) is 24.5 Å². The minimum atomic E-state index is -4.41. The van der Waals surface area contributed by atoms with E-state index >= 15 is 0 Å². The third-order valence-corrected chi connectivity index (χ3v) is 2.74. The average molecular weight is 368 g/mol. The van der Waals surface area contributed by atoms with Gasteiger partial charge in [-0.2, -0.15) is 18.3 Å². The number of nitrogens with one attached hydrogen (secondary N) is 1. The molecule has 0 saturated carbocycles. The predicted octanol–water partition coefficient (Wildman–Crippen LogP) is 2.93. The molecule has 96 valence electrons. The molecule has 2 aromatic rings. The number of rotatable bonds is 2. The highest BCUT2D eigenvalue weighted by molar-refractivity contribution is 14.1. The molecule has 2 aromatic heterocycles. The molecule has 0 spiro atoms. The molecule has 0 aliphatic rings. The highest BCUT2D eigenvalue weighted by atomic mass is 127. The fourth-order valence-corrected chi connectivity index (χ4v) is 1.74. The van der Waals surface area contributed by atoms with Crippen molar-refractivity contribution in [2.45, 2.75) is 6.18 Å². The quantitative estimate of drug-likeness (QED) is 0.830. The molecule has 8 heteroatoms. The van der Waals surface area contributed by atoms with Gasteiger partial charge < -0.3 is 5.32 Å². The van der Waals surface area contributed by atoms with Crippen molar-refractivity contribution in [3.05, 3.63) is 33.7 Å². The van der Waals surface area contributed by atoms with E-state index in [1.165, 1.54) is 11.7 Å². The highest BCUT2D eigenvalue weighted by Gasteiger charge is 2.31. The van der Waals surface area contributed by atoms with Gasteiger partial charge in [-0.3, -0.25) is 0 Å². The molecule has 2 heterocycles. The van der Waals surface area contributed by atoms with Gasteiger partial charge in [0.25, 0.3) is 0 Å². The van der Waals surface area contributed by atoms with Gasteiger partial charge in [-0.05, 0) is 34.7 Å². The van der Waals surface area contributed by atoms with Gasteiger partial charge in [0, 0.05) is 13.2 Å². The van der Waals surface area contributed by atoms with Crippen molar-refractivity contribution in [3.63, 3.8) is 0 Å². The maximum absolute atomic E-state index is 12.7. The molecule has 0 unspecified atom stereocenters. The molecular weight excluding hydrogens is 360 g/mol. The van der Waals surface area contributed by atoms with E-state index in [-0.39, 0.29) is 11.6 Å². The first-order valence-electron chi connectivity index (χ1n) is 4.88. The fraction of sp³-hybridized carbons (Fsp3) is 0.200. The van der Waals surface area contributed by atoms with E-state index in [1.54, 1.807) is 12.4 Å². The lowest BCUT2D eigenvalue weighted by atomic mass is 10.2. The molecule has 0 aromatic carbocycles. The Morgan fingerprint density at radius 3 is 2.56 bits per heavy atom. The average Bonchev–Trinajstić information content (AvgIpc) is 2.74. The van der Waals surface area contributed by atoms with E-state index in [1.807, 2.05) is 22.6 Å². The van der Waals surface area contributed by atoms with Gasteiger partial charge in [0.15, 0.2) is 5.82 Å². The van der Waals surface area contributed by atoms with Crippen molar-refractivity contribution in [2.75, 3.05) is 12.4 Å². The van der Waals surface area contributed by atoms with Gasteiger partial charge in [0.1, 0.15) is 5.82 Å². The highest BCUT2D eigenvalue weighted by Crippen LogP contribution is 2.31. The molecule has 0 fully saturated rings. The Kier molecular flexibility index (Phi) is 3.46. The summed E-state index contributed by atoms with van der Waals surface area (Å²) in [5.74, 6) is 0.266. The first-order chi connectivity index (χ1) is 8.40. The van der Waals surface area contributed by atoms with Gasteiger partial charge in [-0.15, -0.1) is 0 Å². The molecule has 0 atom stereocenters. The maximum Gasteiger partial charge on any atom is 0.416 e. The van der Waals surface area contributed by atoms with Gasteiger partial charge in [0.05, 0.1) is 15.3 Å². The largest absolute Gasteiger partial charge is 0.416 e. The summed E-state index contributed by atoms with van der Waals surface area (Å²) in [5, 5.41) is 6.54. The van der Waals surface area contributed by atoms with E-state index in [0.29, 0.717) is 0 Å². The Hall–Kier alpha value is -1.32. The number of alkyl halides is 3. The second-order valence-electron chi connectivity index (χ2n) is 3.45. The summed E-state index contributed by atoms with van der Waals surface area (Å²) < 4.78 is 40.3. The standard InChI is InChI=1S/C10H8F3IN4/c1-15-8-2-6(10(11,12)13)3-9(17-8)18-5-7(14)4-16-18/h2-5H,1H3,(H,15,17). The predicted molar refractivity (Wildman–Crippen MR) is 68.6 cm³/mol. The summed E-state index contributed by atoms with van der Waals surface area (Å²) in [5.41, 5.74) is -0.762. The van der Waals surface area contributed by atoms with Crippen LogP contribution in [0.3, 0.4) is 0 Å². The normalized spacial score (nSPS) is 11.6.